The topological polar surface area (TPSA) is 58.2 Å². The number of unbranched alkanes of at least 4 members (excludes halogenated alkanes) is 2. The first-order valence-electron chi connectivity index (χ1n) is 9.46. The molecule has 0 aliphatic rings. The third kappa shape index (κ3) is 8.31. The Labute approximate surface area is 166 Å². The second-order valence-corrected chi connectivity index (χ2v) is 7.46. The molecule has 0 saturated carbocycles. The third-order valence-electron chi connectivity index (χ3n) is 4.10. The molecule has 5 heteroatoms. The maximum atomic E-state index is 12.7. The lowest BCUT2D eigenvalue weighted by molar-refractivity contribution is -0.126. The monoisotopic (exact) mass is 384 g/mol. The summed E-state index contributed by atoms with van der Waals surface area (Å²) in [5.41, 5.74) is 1.94. The van der Waals surface area contributed by atoms with Crippen LogP contribution in [0.5, 0.6) is 0 Å². The highest BCUT2D eigenvalue weighted by Gasteiger charge is 2.20. The Morgan fingerprint density at radius 3 is 2.30 bits per heavy atom. The molecule has 0 spiro atoms. The van der Waals surface area contributed by atoms with E-state index in [-0.39, 0.29) is 11.8 Å². The van der Waals surface area contributed by atoms with Crippen LogP contribution in [0.3, 0.4) is 0 Å². The van der Waals surface area contributed by atoms with E-state index in [1.165, 1.54) is 5.56 Å². The second-order valence-electron chi connectivity index (χ2n) is 6.43. The van der Waals surface area contributed by atoms with Crippen LogP contribution < -0.4 is 10.6 Å². The standard InChI is InChI=1S/C22H28N2O2S/c1-2-3-6-15-21(25)24-20(17-27-16-18-11-7-4-8-12-18)22(26)23-19-13-9-5-10-14-19/h4-5,7-14,20H,2-3,6,15-17H2,1H3,(H,23,26)(H,24,25)/t20-/m0/s1. The maximum Gasteiger partial charge on any atom is 0.247 e. The highest BCUT2D eigenvalue weighted by atomic mass is 32.2. The first kappa shape index (κ1) is 21.0. The molecule has 0 unspecified atom stereocenters. The first-order valence-corrected chi connectivity index (χ1v) is 10.6. The zero-order chi connectivity index (χ0) is 19.3. The van der Waals surface area contributed by atoms with Crippen LogP contribution in [0.25, 0.3) is 0 Å². The summed E-state index contributed by atoms with van der Waals surface area (Å²) in [6.45, 7) is 2.11. The van der Waals surface area contributed by atoms with Crippen LogP contribution >= 0.6 is 11.8 Å². The quantitative estimate of drug-likeness (QED) is 0.556. The summed E-state index contributed by atoms with van der Waals surface area (Å²) >= 11 is 1.65. The summed E-state index contributed by atoms with van der Waals surface area (Å²) in [5, 5.41) is 5.81. The average molecular weight is 385 g/mol. The molecule has 0 bridgehead atoms. The molecule has 2 aromatic rings. The van der Waals surface area contributed by atoms with Crippen molar-refractivity contribution in [1.82, 2.24) is 5.32 Å². The molecule has 2 rings (SSSR count). The van der Waals surface area contributed by atoms with Crippen molar-refractivity contribution in [2.24, 2.45) is 0 Å². The van der Waals surface area contributed by atoms with E-state index in [2.05, 4.69) is 29.7 Å². The van der Waals surface area contributed by atoms with Crippen molar-refractivity contribution in [3.63, 3.8) is 0 Å². The van der Waals surface area contributed by atoms with E-state index in [1.54, 1.807) is 11.8 Å². The molecule has 0 aromatic heterocycles. The van der Waals surface area contributed by atoms with Gasteiger partial charge in [-0.15, -0.1) is 0 Å². The minimum atomic E-state index is -0.548. The lowest BCUT2D eigenvalue weighted by Crippen LogP contribution is -2.45. The van der Waals surface area contributed by atoms with Gasteiger partial charge in [0, 0.05) is 23.6 Å². The Bertz CT molecular complexity index is 692. The number of benzene rings is 2. The Morgan fingerprint density at radius 1 is 0.963 bits per heavy atom. The van der Waals surface area contributed by atoms with Crippen molar-refractivity contribution in [3.8, 4) is 0 Å². The SMILES string of the molecule is CCCCCC(=O)N[C@@H](CSCc1ccccc1)C(=O)Nc1ccccc1. The largest absolute Gasteiger partial charge is 0.344 e. The molecule has 2 N–H and O–H groups in total. The fraction of sp³-hybridized carbons (Fsp3) is 0.364. The van der Waals surface area contributed by atoms with Gasteiger partial charge in [0.1, 0.15) is 6.04 Å². The molecule has 0 aliphatic carbocycles. The fourth-order valence-electron chi connectivity index (χ4n) is 2.60. The van der Waals surface area contributed by atoms with E-state index in [0.29, 0.717) is 12.2 Å². The van der Waals surface area contributed by atoms with E-state index in [9.17, 15) is 9.59 Å². The smallest absolute Gasteiger partial charge is 0.247 e. The molecule has 0 radical (unpaired) electrons. The van der Waals surface area contributed by atoms with E-state index < -0.39 is 6.04 Å². The van der Waals surface area contributed by atoms with Crippen LogP contribution in [0.1, 0.15) is 38.2 Å². The number of nitrogens with one attached hydrogen (secondary N) is 2. The molecule has 1 atom stereocenters. The predicted octanol–water partition coefficient (Wildman–Crippen LogP) is 4.62. The second kappa shape index (κ2) is 12.2. The lowest BCUT2D eigenvalue weighted by Gasteiger charge is -2.18. The van der Waals surface area contributed by atoms with Gasteiger partial charge < -0.3 is 10.6 Å². The van der Waals surface area contributed by atoms with Gasteiger partial charge in [0.25, 0.3) is 0 Å². The van der Waals surface area contributed by atoms with Gasteiger partial charge in [0.05, 0.1) is 0 Å². The van der Waals surface area contributed by atoms with E-state index in [4.69, 9.17) is 0 Å². The van der Waals surface area contributed by atoms with Crippen molar-refractivity contribution in [2.45, 2.75) is 44.4 Å². The van der Waals surface area contributed by atoms with E-state index in [0.717, 1.165) is 30.7 Å². The van der Waals surface area contributed by atoms with Crippen LogP contribution in [0, 0.1) is 0 Å². The molecule has 0 aliphatic heterocycles. The molecule has 2 amide bonds. The molecule has 0 heterocycles. The van der Waals surface area contributed by atoms with Gasteiger partial charge in [-0.05, 0) is 24.1 Å². The van der Waals surface area contributed by atoms with Gasteiger partial charge in [0.2, 0.25) is 11.8 Å². The van der Waals surface area contributed by atoms with E-state index >= 15 is 0 Å². The lowest BCUT2D eigenvalue weighted by atomic mass is 10.2. The number of amides is 2. The number of hydrogen-bond donors (Lipinski definition) is 2. The predicted molar refractivity (Wildman–Crippen MR) is 114 cm³/mol. The Balaban J connectivity index is 1.91. The highest BCUT2D eigenvalue weighted by Crippen LogP contribution is 2.14. The van der Waals surface area contributed by atoms with Crippen LogP contribution in [-0.4, -0.2) is 23.6 Å². The summed E-state index contributed by atoms with van der Waals surface area (Å²) in [4.78, 5) is 24.9. The Morgan fingerprint density at radius 2 is 1.63 bits per heavy atom. The van der Waals surface area contributed by atoms with Crippen molar-refractivity contribution in [3.05, 3.63) is 66.2 Å². The van der Waals surface area contributed by atoms with E-state index in [1.807, 2.05) is 48.5 Å². The van der Waals surface area contributed by atoms with Gasteiger partial charge in [-0.3, -0.25) is 9.59 Å². The zero-order valence-corrected chi connectivity index (χ0v) is 16.6. The van der Waals surface area contributed by atoms with Gasteiger partial charge >= 0.3 is 0 Å². The normalized spacial score (nSPS) is 11.6. The van der Waals surface area contributed by atoms with Gasteiger partial charge in [-0.1, -0.05) is 68.3 Å². The number of carbonyl (C=O) groups excluding carboxylic acids is 2. The summed E-state index contributed by atoms with van der Waals surface area (Å²) in [5.74, 6) is 1.11. The third-order valence-corrected chi connectivity index (χ3v) is 5.20. The molecule has 2 aromatic carbocycles. The van der Waals surface area contributed by atoms with Crippen molar-refractivity contribution < 1.29 is 9.59 Å². The Hall–Kier alpha value is -2.27. The van der Waals surface area contributed by atoms with Crippen molar-refractivity contribution >= 4 is 29.3 Å². The molecule has 0 saturated heterocycles. The minimum absolute atomic E-state index is 0.0584. The summed E-state index contributed by atoms with van der Waals surface area (Å²) in [6.07, 6.45) is 3.41. The highest BCUT2D eigenvalue weighted by molar-refractivity contribution is 7.98. The van der Waals surface area contributed by atoms with Gasteiger partial charge in [0.15, 0.2) is 0 Å². The number of thioether (sulfide) groups is 1. The van der Waals surface area contributed by atoms with Crippen LogP contribution in [-0.2, 0) is 15.3 Å². The number of hydrogen-bond acceptors (Lipinski definition) is 3. The van der Waals surface area contributed by atoms with Gasteiger partial charge in [-0.25, -0.2) is 0 Å². The number of para-hydroxylation sites is 1. The molecule has 4 nitrogen and oxygen atoms in total. The number of carbonyl (C=O) groups is 2. The molecular weight excluding hydrogens is 356 g/mol. The maximum absolute atomic E-state index is 12.7. The molecule has 144 valence electrons. The molecular formula is C22H28N2O2S. The van der Waals surface area contributed by atoms with Crippen molar-refractivity contribution in [2.75, 3.05) is 11.1 Å². The minimum Gasteiger partial charge on any atom is -0.344 e. The van der Waals surface area contributed by atoms with Crippen LogP contribution in [0.15, 0.2) is 60.7 Å². The fourth-order valence-corrected chi connectivity index (χ4v) is 3.62. The zero-order valence-electron chi connectivity index (χ0n) is 15.8. The van der Waals surface area contributed by atoms with Gasteiger partial charge in [-0.2, -0.15) is 11.8 Å². The summed E-state index contributed by atoms with van der Waals surface area (Å²) < 4.78 is 0. The summed E-state index contributed by atoms with van der Waals surface area (Å²) in [7, 11) is 0. The van der Waals surface area contributed by atoms with Crippen molar-refractivity contribution in [1.29, 1.82) is 0 Å². The first-order chi connectivity index (χ1) is 13.2. The van der Waals surface area contributed by atoms with Crippen LogP contribution in [0.2, 0.25) is 0 Å². The number of anilines is 1. The summed E-state index contributed by atoms with van der Waals surface area (Å²) in [6, 6.07) is 18.9. The molecule has 0 fully saturated rings. The Kier molecular flexibility index (Phi) is 9.49. The number of rotatable bonds is 11. The molecule has 27 heavy (non-hydrogen) atoms. The average Bonchev–Trinajstić information content (AvgIpc) is 2.69. The van der Waals surface area contributed by atoms with Crippen LogP contribution in [0.4, 0.5) is 5.69 Å².